The van der Waals surface area contributed by atoms with Gasteiger partial charge in [0, 0.05) is 18.0 Å². The number of rotatable bonds is 11. The van der Waals surface area contributed by atoms with Crippen LogP contribution in [0.1, 0.15) is 107 Å². The Balaban J connectivity index is 1.39. The number of unbranched alkanes of at least 4 members (excludes halogenated alkanes) is 7. The lowest BCUT2D eigenvalue weighted by molar-refractivity contribution is 0.301. The Morgan fingerprint density at radius 1 is 0.935 bits per heavy atom. The molecular formula is C27H36FN3. The molecule has 0 bridgehead atoms. The fraction of sp³-hybridized carbons (Fsp3) is 0.593. The Bertz CT molecular complexity index is 833. The van der Waals surface area contributed by atoms with Crippen LogP contribution in [0.3, 0.4) is 0 Å². The van der Waals surface area contributed by atoms with Gasteiger partial charge >= 0.3 is 0 Å². The predicted molar refractivity (Wildman–Crippen MR) is 124 cm³/mol. The van der Waals surface area contributed by atoms with E-state index in [0.29, 0.717) is 17.3 Å². The summed E-state index contributed by atoms with van der Waals surface area (Å²) in [7, 11) is 0. The van der Waals surface area contributed by atoms with Gasteiger partial charge in [-0.25, -0.2) is 14.4 Å². The molecular weight excluding hydrogens is 385 g/mol. The van der Waals surface area contributed by atoms with E-state index in [1.54, 1.807) is 6.07 Å². The van der Waals surface area contributed by atoms with Crippen LogP contribution in [0.25, 0.3) is 11.4 Å². The molecule has 3 rings (SSSR count). The zero-order valence-electron chi connectivity index (χ0n) is 19.0. The van der Waals surface area contributed by atoms with E-state index in [2.05, 4.69) is 16.9 Å². The van der Waals surface area contributed by atoms with E-state index < -0.39 is 5.82 Å². The number of aromatic nitrogens is 2. The second-order valence-corrected chi connectivity index (χ2v) is 9.13. The third kappa shape index (κ3) is 7.13. The SMILES string of the molecule is CCCCCCCCCC[C@H]1CC[C@H](c2cnc(-c3ccc(C#N)c(F)c3)nc2)CC1. The highest BCUT2D eigenvalue weighted by Gasteiger charge is 2.22. The molecule has 1 fully saturated rings. The number of hydrogen-bond donors (Lipinski definition) is 0. The second kappa shape index (κ2) is 12.5. The third-order valence-corrected chi connectivity index (χ3v) is 6.80. The zero-order chi connectivity index (χ0) is 21.9. The van der Waals surface area contributed by atoms with Crippen molar-refractivity contribution in [3.63, 3.8) is 0 Å². The van der Waals surface area contributed by atoms with E-state index in [1.807, 2.05) is 18.5 Å². The molecule has 0 amide bonds. The Kier molecular flexibility index (Phi) is 9.46. The third-order valence-electron chi connectivity index (χ3n) is 6.80. The fourth-order valence-electron chi connectivity index (χ4n) is 4.79. The molecule has 1 aromatic heterocycles. The molecule has 1 aliphatic carbocycles. The summed E-state index contributed by atoms with van der Waals surface area (Å²) in [5.74, 6) is 1.41. The molecule has 0 aliphatic heterocycles. The van der Waals surface area contributed by atoms with Gasteiger partial charge in [0.2, 0.25) is 0 Å². The van der Waals surface area contributed by atoms with Gasteiger partial charge in [-0.05, 0) is 61.3 Å². The summed E-state index contributed by atoms with van der Waals surface area (Å²) >= 11 is 0. The first-order chi connectivity index (χ1) is 15.2. The van der Waals surface area contributed by atoms with Gasteiger partial charge in [0.15, 0.2) is 5.82 Å². The van der Waals surface area contributed by atoms with E-state index in [4.69, 9.17) is 5.26 Å². The molecule has 0 saturated heterocycles. The summed E-state index contributed by atoms with van der Waals surface area (Å²) in [6.07, 6.45) is 21.4. The molecule has 0 atom stereocenters. The molecule has 2 aromatic rings. The van der Waals surface area contributed by atoms with Gasteiger partial charge in [0.1, 0.15) is 11.9 Å². The highest BCUT2D eigenvalue weighted by Crippen LogP contribution is 2.37. The Hall–Kier alpha value is -2.28. The molecule has 1 aliphatic rings. The number of halogens is 1. The first kappa shape index (κ1) is 23.4. The molecule has 1 heterocycles. The minimum atomic E-state index is -0.525. The smallest absolute Gasteiger partial charge is 0.159 e. The highest BCUT2D eigenvalue weighted by atomic mass is 19.1. The lowest BCUT2D eigenvalue weighted by Gasteiger charge is -2.28. The number of hydrogen-bond acceptors (Lipinski definition) is 3. The van der Waals surface area contributed by atoms with E-state index in [9.17, 15) is 4.39 Å². The quantitative estimate of drug-likeness (QED) is 0.346. The van der Waals surface area contributed by atoms with Crippen LogP contribution >= 0.6 is 0 Å². The molecule has 1 saturated carbocycles. The van der Waals surface area contributed by atoms with Crippen molar-refractivity contribution >= 4 is 0 Å². The molecule has 166 valence electrons. The minimum Gasteiger partial charge on any atom is -0.236 e. The number of nitrogens with zero attached hydrogens (tertiary/aromatic N) is 3. The predicted octanol–water partition coefficient (Wildman–Crippen LogP) is 7.96. The molecule has 0 N–H and O–H groups in total. The first-order valence-electron chi connectivity index (χ1n) is 12.2. The molecule has 31 heavy (non-hydrogen) atoms. The van der Waals surface area contributed by atoms with Crippen LogP contribution in [0.4, 0.5) is 4.39 Å². The van der Waals surface area contributed by atoms with Gasteiger partial charge in [0.25, 0.3) is 0 Å². The van der Waals surface area contributed by atoms with Gasteiger partial charge in [-0.15, -0.1) is 0 Å². The summed E-state index contributed by atoms with van der Waals surface area (Å²) in [6.45, 7) is 2.27. The van der Waals surface area contributed by atoms with Crippen molar-refractivity contribution in [3.8, 4) is 17.5 Å². The van der Waals surface area contributed by atoms with Crippen molar-refractivity contribution in [3.05, 3.63) is 47.5 Å². The maximum Gasteiger partial charge on any atom is 0.159 e. The summed E-state index contributed by atoms with van der Waals surface area (Å²) in [4.78, 5) is 8.95. The van der Waals surface area contributed by atoms with Crippen molar-refractivity contribution in [2.45, 2.75) is 96.3 Å². The van der Waals surface area contributed by atoms with E-state index in [-0.39, 0.29) is 5.56 Å². The average molecular weight is 422 g/mol. The van der Waals surface area contributed by atoms with E-state index in [0.717, 1.165) is 5.92 Å². The lowest BCUT2D eigenvalue weighted by atomic mass is 9.77. The van der Waals surface area contributed by atoms with E-state index >= 15 is 0 Å². The van der Waals surface area contributed by atoms with Crippen molar-refractivity contribution in [1.29, 1.82) is 5.26 Å². The summed E-state index contributed by atoms with van der Waals surface area (Å²) < 4.78 is 13.9. The summed E-state index contributed by atoms with van der Waals surface area (Å²) in [6, 6.07) is 6.36. The fourth-order valence-corrected chi connectivity index (χ4v) is 4.79. The van der Waals surface area contributed by atoms with Crippen LogP contribution in [0, 0.1) is 23.1 Å². The summed E-state index contributed by atoms with van der Waals surface area (Å²) in [5.41, 5.74) is 1.85. The normalized spacial score (nSPS) is 18.6. The first-order valence-corrected chi connectivity index (χ1v) is 12.2. The monoisotopic (exact) mass is 421 g/mol. The highest BCUT2D eigenvalue weighted by molar-refractivity contribution is 5.56. The second-order valence-electron chi connectivity index (χ2n) is 9.13. The molecule has 4 heteroatoms. The Labute approximate surface area is 187 Å². The number of nitriles is 1. The zero-order valence-corrected chi connectivity index (χ0v) is 19.0. The van der Waals surface area contributed by atoms with Gasteiger partial charge in [-0.2, -0.15) is 5.26 Å². The van der Waals surface area contributed by atoms with Crippen LogP contribution in [0.2, 0.25) is 0 Å². The lowest BCUT2D eigenvalue weighted by Crippen LogP contribution is -2.14. The Morgan fingerprint density at radius 2 is 1.58 bits per heavy atom. The van der Waals surface area contributed by atoms with Crippen molar-refractivity contribution in [2.24, 2.45) is 5.92 Å². The standard InChI is InChI=1S/C27H36FN3/c1-2-3-4-5-6-7-8-9-10-21-11-13-22(14-12-21)25-19-30-27(31-20-25)23-15-16-24(18-29)26(28)17-23/h15-17,19-22H,2-14H2,1H3/t21-,22-. The van der Waals surface area contributed by atoms with Crippen molar-refractivity contribution in [2.75, 3.05) is 0 Å². The maximum atomic E-state index is 13.9. The Morgan fingerprint density at radius 3 is 2.19 bits per heavy atom. The van der Waals surface area contributed by atoms with Crippen molar-refractivity contribution in [1.82, 2.24) is 9.97 Å². The number of benzene rings is 1. The minimum absolute atomic E-state index is 0.0455. The molecule has 0 spiro atoms. The summed E-state index contributed by atoms with van der Waals surface area (Å²) in [5, 5.41) is 8.87. The average Bonchev–Trinajstić information content (AvgIpc) is 2.81. The van der Waals surface area contributed by atoms with Crippen LogP contribution < -0.4 is 0 Å². The van der Waals surface area contributed by atoms with Crippen LogP contribution in [0.15, 0.2) is 30.6 Å². The van der Waals surface area contributed by atoms with Gasteiger partial charge in [-0.1, -0.05) is 64.7 Å². The largest absolute Gasteiger partial charge is 0.236 e. The van der Waals surface area contributed by atoms with Crippen molar-refractivity contribution < 1.29 is 4.39 Å². The maximum absolute atomic E-state index is 13.9. The molecule has 0 unspecified atom stereocenters. The topological polar surface area (TPSA) is 49.6 Å². The van der Waals surface area contributed by atoms with E-state index in [1.165, 1.54) is 101 Å². The van der Waals surface area contributed by atoms with Crippen LogP contribution in [-0.2, 0) is 0 Å². The molecule has 1 aromatic carbocycles. The van der Waals surface area contributed by atoms with Gasteiger partial charge < -0.3 is 0 Å². The molecule has 0 radical (unpaired) electrons. The van der Waals surface area contributed by atoms with Crippen LogP contribution in [0.5, 0.6) is 0 Å². The van der Waals surface area contributed by atoms with Crippen LogP contribution in [-0.4, -0.2) is 9.97 Å². The molecule has 3 nitrogen and oxygen atoms in total. The van der Waals surface area contributed by atoms with Gasteiger partial charge in [0.05, 0.1) is 5.56 Å². The van der Waals surface area contributed by atoms with Gasteiger partial charge in [-0.3, -0.25) is 0 Å².